The molecule has 0 atom stereocenters. The standard InChI is InChI=1S/C19H14F6/c1-2-3-8-13(14-9-4-6-11-16(14)18(20,21)22)15-10-5-7-12-17(15)19(23,24)25/h2-12H,1H3/b3-2+. The van der Waals surface area contributed by atoms with Crippen molar-refractivity contribution in [3.8, 4) is 0 Å². The van der Waals surface area contributed by atoms with Gasteiger partial charge in [-0.3, -0.25) is 0 Å². The first-order valence-electron chi connectivity index (χ1n) is 7.32. The van der Waals surface area contributed by atoms with Crippen LogP contribution in [-0.2, 0) is 12.4 Å². The lowest BCUT2D eigenvalue weighted by Crippen LogP contribution is -2.12. The molecule has 0 unspecified atom stereocenters. The van der Waals surface area contributed by atoms with Crippen LogP contribution in [0.15, 0.2) is 66.8 Å². The molecule has 2 aromatic carbocycles. The van der Waals surface area contributed by atoms with Gasteiger partial charge in [-0.25, -0.2) is 0 Å². The molecular weight excluding hydrogens is 342 g/mol. The molecule has 0 bridgehead atoms. The van der Waals surface area contributed by atoms with E-state index < -0.39 is 23.5 Å². The highest BCUT2D eigenvalue weighted by Gasteiger charge is 2.37. The smallest absolute Gasteiger partial charge is 0.166 e. The van der Waals surface area contributed by atoms with Crippen LogP contribution in [0.1, 0.15) is 29.2 Å². The van der Waals surface area contributed by atoms with Gasteiger partial charge in [-0.2, -0.15) is 26.3 Å². The summed E-state index contributed by atoms with van der Waals surface area (Å²) >= 11 is 0. The summed E-state index contributed by atoms with van der Waals surface area (Å²) in [5.41, 5.74) is -2.71. The van der Waals surface area contributed by atoms with Crippen molar-refractivity contribution < 1.29 is 26.3 Å². The van der Waals surface area contributed by atoms with Gasteiger partial charge in [0.05, 0.1) is 11.1 Å². The van der Waals surface area contributed by atoms with E-state index in [1.54, 1.807) is 6.92 Å². The fourth-order valence-electron chi connectivity index (χ4n) is 2.45. The number of halogens is 6. The van der Waals surface area contributed by atoms with E-state index in [0.29, 0.717) is 0 Å². The van der Waals surface area contributed by atoms with Gasteiger partial charge in [0.1, 0.15) is 0 Å². The topological polar surface area (TPSA) is 0 Å². The van der Waals surface area contributed by atoms with Crippen molar-refractivity contribution in [3.05, 3.63) is 89.0 Å². The van der Waals surface area contributed by atoms with Crippen molar-refractivity contribution in [3.63, 3.8) is 0 Å². The Bertz CT molecular complexity index is 735. The van der Waals surface area contributed by atoms with Crippen molar-refractivity contribution in [2.75, 3.05) is 0 Å². The number of rotatable bonds is 3. The Morgan fingerprint density at radius 2 is 1.12 bits per heavy atom. The molecule has 0 radical (unpaired) electrons. The van der Waals surface area contributed by atoms with Crippen LogP contribution in [-0.4, -0.2) is 0 Å². The summed E-state index contributed by atoms with van der Waals surface area (Å²) in [5.74, 6) is 0. The Balaban J connectivity index is 2.79. The summed E-state index contributed by atoms with van der Waals surface area (Å²) < 4.78 is 79.9. The van der Waals surface area contributed by atoms with Crippen molar-refractivity contribution in [1.29, 1.82) is 0 Å². The highest BCUT2D eigenvalue weighted by Crippen LogP contribution is 2.41. The van der Waals surface area contributed by atoms with E-state index in [4.69, 9.17) is 0 Å². The normalized spacial score (nSPS) is 12.4. The van der Waals surface area contributed by atoms with Gasteiger partial charge in [0.25, 0.3) is 0 Å². The highest BCUT2D eigenvalue weighted by molar-refractivity contribution is 5.84. The van der Waals surface area contributed by atoms with E-state index in [9.17, 15) is 26.3 Å². The molecule has 0 spiro atoms. The maximum Gasteiger partial charge on any atom is 0.417 e. The molecule has 0 aromatic heterocycles. The van der Waals surface area contributed by atoms with E-state index in [1.165, 1.54) is 54.6 Å². The largest absolute Gasteiger partial charge is 0.417 e. The SMILES string of the molecule is C/C=C/C=C(c1ccccc1C(F)(F)F)c1ccccc1C(F)(F)F. The molecular formula is C19H14F6. The molecule has 25 heavy (non-hydrogen) atoms. The average Bonchev–Trinajstić information content (AvgIpc) is 2.54. The van der Waals surface area contributed by atoms with Gasteiger partial charge in [0.15, 0.2) is 0 Å². The van der Waals surface area contributed by atoms with Gasteiger partial charge >= 0.3 is 12.4 Å². The van der Waals surface area contributed by atoms with Gasteiger partial charge in [0.2, 0.25) is 0 Å². The number of alkyl halides is 6. The van der Waals surface area contributed by atoms with Crippen LogP contribution < -0.4 is 0 Å². The fraction of sp³-hybridized carbons (Fsp3) is 0.158. The van der Waals surface area contributed by atoms with Gasteiger partial charge in [-0.1, -0.05) is 54.6 Å². The van der Waals surface area contributed by atoms with Crippen LogP contribution in [0.25, 0.3) is 5.57 Å². The zero-order valence-corrected chi connectivity index (χ0v) is 13.1. The molecule has 0 saturated heterocycles. The monoisotopic (exact) mass is 356 g/mol. The van der Waals surface area contributed by atoms with Crippen LogP contribution in [0.2, 0.25) is 0 Å². The van der Waals surface area contributed by atoms with Gasteiger partial charge < -0.3 is 0 Å². The third-order valence-corrected chi connectivity index (χ3v) is 3.50. The highest BCUT2D eigenvalue weighted by atomic mass is 19.4. The molecule has 0 N–H and O–H groups in total. The second-order valence-electron chi connectivity index (χ2n) is 5.19. The summed E-state index contributed by atoms with van der Waals surface area (Å²) in [6, 6.07) is 9.19. The van der Waals surface area contributed by atoms with Gasteiger partial charge in [-0.05, 0) is 35.8 Å². The third kappa shape index (κ3) is 4.32. The second-order valence-corrected chi connectivity index (χ2v) is 5.19. The zero-order valence-electron chi connectivity index (χ0n) is 13.1. The Morgan fingerprint density at radius 3 is 1.48 bits per heavy atom. The minimum Gasteiger partial charge on any atom is -0.166 e. The van der Waals surface area contributed by atoms with Crippen LogP contribution in [0, 0.1) is 0 Å². The number of hydrogen-bond acceptors (Lipinski definition) is 0. The van der Waals surface area contributed by atoms with Crippen molar-refractivity contribution >= 4 is 5.57 Å². The molecule has 0 nitrogen and oxygen atoms in total. The van der Waals surface area contributed by atoms with Gasteiger partial charge in [-0.15, -0.1) is 0 Å². The molecule has 0 aliphatic heterocycles. The molecule has 0 heterocycles. The van der Waals surface area contributed by atoms with E-state index in [-0.39, 0.29) is 16.7 Å². The summed E-state index contributed by atoms with van der Waals surface area (Å²) in [6.45, 7) is 1.62. The summed E-state index contributed by atoms with van der Waals surface area (Å²) in [6.07, 6.45) is -5.16. The Morgan fingerprint density at radius 1 is 0.720 bits per heavy atom. The second kappa shape index (κ2) is 7.17. The molecule has 0 amide bonds. The predicted molar refractivity (Wildman–Crippen MR) is 84.8 cm³/mol. The van der Waals surface area contributed by atoms with Crippen LogP contribution in [0.5, 0.6) is 0 Å². The number of hydrogen-bond donors (Lipinski definition) is 0. The lowest BCUT2D eigenvalue weighted by atomic mass is 9.90. The summed E-state index contributed by atoms with van der Waals surface area (Å²) in [5, 5.41) is 0. The van der Waals surface area contributed by atoms with Crippen molar-refractivity contribution in [2.45, 2.75) is 19.3 Å². The predicted octanol–water partition coefficient (Wildman–Crippen LogP) is 6.73. The zero-order chi connectivity index (χ0) is 18.7. The van der Waals surface area contributed by atoms with E-state index in [2.05, 4.69) is 0 Å². The maximum absolute atomic E-state index is 13.3. The van der Waals surface area contributed by atoms with E-state index >= 15 is 0 Å². The molecule has 0 aliphatic rings. The van der Waals surface area contributed by atoms with E-state index in [0.717, 1.165) is 12.1 Å². The van der Waals surface area contributed by atoms with Crippen LogP contribution >= 0.6 is 0 Å². The van der Waals surface area contributed by atoms with Crippen molar-refractivity contribution in [1.82, 2.24) is 0 Å². The summed E-state index contributed by atoms with van der Waals surface area (Å²) in [4.78, 5) is 0. The number of allylic oxidation sites excluding steroid dienone is 3. The minimum absolute atomic E-state index is 0.140. The molecule has 2 rings (SSSR count). The fourth-order valence-corrected chi connectivity index (χ4v) is 2.45. The Hall–Kier alpha value is -2.50. The Labute approximate surface area is 141 Å². The Kier molecular flexibility index (Phi) is 5.40. The third-order valence-electron chi connectivity index (χ3n) is 3.50. The van der Waals surface area contributed by atoms with Crippen LogP contribution in [0.4, 0.5) is 26.3 Å². The molecule has 6 heteroatoms. The molecule has 0 aliphatic carbocycles. The summed E-state index contributed by atoms with van der Waals surface area (Å²) in [7, 11) is 0. The first-order valence-corrected chi connectivity index (χ1v) is 7.32. The molecule has 0 fully saturated rings. The number of benzene rings is 2. The lowest BCUT2D eigenvalue weighted by molar-refractivity contribution is -0.138. The molecule has 2 aromatic rings. The quantitative estimate of drug-likeness (QED) is 0.422. The first-order chi connectivity index (χ1) is 11.7. The average molecular weight is 356 g/mol. The first kappa shape index (κ1) is 18.8. The lowest BCUT2D eigenvalue weighted by Gasteiger charge is -2.19. The van der Waals surface area contributed by atoms with Crippen molar-refractivity contribution in [2.24, 2.45) is 0 Å². The van der Waals surface area contributed by atoms with Gasteiger partial charge in [0, 0.05) is 0 Å². The van der Waals surface area contributed by atoms with E-state index in [1.807, 2.05) is 0 Å². The molecule has 132 valence electrons. The molecule has 0 saturated carbocycles. The minimum atomic E-state index is -4.68. The van der Waals surface area contributed by atoms with Crippen LogP contribution in [0.3, 0.4) is 0 Å². The maximum atomic E-state index is 13.3.